The molecule has 0 N–H and O–H groups in total. The number of benzene rings is 1. The summed E-state index contributed by atoms with van der Waals surface area (Å²) in [6.45, 7) is 4.82. The van der Waals surface area contributed by atoms with Crippen LogP contribution in [0.25, 0.3) is 0 Å². The standard InChI is InChI=1S/C14H15ClN2O/c1-10(2)12-5-3-11(4-6-12)9-17-8-7-16-13(15)14(17)18/h3-8,10H,9H2,1-2H3. The Morgan fingerprint density at radius 2 is 1.94 bits per heavy atom. The van der Waals surface area contributed by atoms with Crippen molar-refractivity contribution in [3.05, 3.63) is 63.3 Å². The van der Waals surface area contributed by atoms with Crippen LogP contribution in [-0.2, 0) is 6.54 Å². The van der Waals surface area contributed by atoms with Gasteiger partial charge in [0.2, 0.25) is 0 Å². The van der Waals surface area contributed by atoms with Gasteiger partial charge in [-0.3, -0.25) is 4.79 Å². The zero-order valence-electron chi connectivity index (χ0n) is 10.4. The molecule has 0 aliphatic rings. The number of nitrogens with zero attached hydrogens (tertiary/aromatic N) is 2. The molecule has 0 saturated heterocycles. The summed E-state index contributed by atoms with van der Waals surface area (Å²) >= 11 is 5.70. The molecule has 1 aromatic carbocycles. The minimum absolute atomic E-state index is 0.0105. The van der Waals surface area contributed by atoms with E-state index in [1.165, 1.54) is 11.8 Å². The summed E-state index contributed by atoms with van der Waals surface area (Å²) in [7, 11) is 0. The van der Waals surface area contributed by atoms with Crippen molar-refractivity contribution < 1.29 is 0 Å². The Bertz CT molecular complexity index is 587. The molecule has 0 bridgehead atoms. The summed E-state index contributed by atoms with van der Waals surface area (Å²) in [5.41, 5.74) is 2.11. The Kier molecular flexibility index (Phi) is 3.82. The SMILES string of the molecule is CC(C)c1ccc(Cn2ccnc(Cl)c2=O)cc1. The van der Waals surface area contributed by atoms with E-state index in [1.807, 2.05) is 12.1 Å². The van der Waals surface area contributed by atoms with Crippen molar-refractivity contribution in [2.75, 3.05) is 0 Å². The van der Waals surface area contributed by atoms with Crippen LogP contribution in [0.3, 0.4) is 0 Å². The summed E-state index contributed by atoms with van der Waals surface area (Å²) in [6, 6.07) is 8.26. The first-order valence-corrected chi connectivity index (χ1v) is 6.25. The summed E-state index contributed by atoms with van der Waals surface area (Å²) < 4.78 is 1.56. The summed E-state index contributed by atoms with van der Waals surface area (Å²) in [5, 5.41) is 0.0105. The second kappa shape index (κ2) is 5.36. The van der Waals surface area contributed by atoms with Gasteiger partial charge in [0.15, 0.2) is 5.15 Å². The largest absolute Gasteiger partial charge is 0.307 e. The van der Waals surface area contributed by atoms with E-state index in [0.29, 0.717) is 12.5 Å². The monoisotopic (exact) mass is 262 g/mol. The van der Waals surface area contributed by atoms with Crippen LogP contribution in [0, 0.1) is 0 Å². The lowest BCUT2D eigenvalue weighted by molar-refractivity contribution is 0.747. The molecule has 2 rings (SSSR count). The van der Waals surface area contributed by atoms with Crippen LogP contribution in [0.1, 0.15) is 30.9 Å². The van der Waals surface area contributed by atoms with Gasteiger partial charge in [0.1, 0.15) is 0 Å². The van der Waals surface area contributed by atoms with Crippen LogP contribution in [0.4, 0.5) is 0 Å². The molecular weight excluding hydrogens is 248 g/mol. The maximum atomic E-state index is 11.7. The maximum Gasteiger partial charge on any atom is 0.288 e. The second-order valence-electron chi connectivity index (χ2n) is 4.55. The van der Waals surface area contributed by atoms with E-state index >= 15 is 0 Å². The lowest BCUT2D eigenvalue weighted by atomic mass is 10.0. The minimum Gasteiger partial charge on any atom is -0.307 e. The van der Waals surface area contributed by atoms with Gasteiger partial charge < -0.3 is 4.57 Å². The van der Waals surface area contributed by atoms with Crippen LogP contribution in [0.2, 0.25) is 5.15 Å². The predicted octanol–water partition coefficient (Wildman–Crippen LogP) is 3.07. The number of rotatable bonds is 3. The van der Waals surface area contributed by atoms with E-state index in [2.05, 4.69) is 31.0 Å². The highest BCUT2D eigenvalue weighted by Gasteiger charge is 2.03. The van der Waals surface area contributed by atoms with E-state index in [9.17, 15) is 4.79 Å². The molecule has 3 nitrogen and oxygen atoms in total. The van der Waals surface area contributed by atoms with E-state index < -0.39 is 0 Å². The lowest BCUT2D eigenvalue weighted by Gasteiger charge is -2.08. The maximum absolute atomic E-state index is 11.7. The average Bonchev–Trinajstić information content (AvgIpc) is 2.36. The smallest absolute Gasteiger partial charge is 0.288 e. The van der Waals surface area contributed by atoms with Crippen molar-refractivity contribution in [1.82, 2.24) is 9.55 Å². The molecule has 0 saturated carbocycles. The zero-order chi connectivity index (χ0) is 13.1. The molecule has 94 valence electrons. The molecule has 0 fully saturated rings. The first kappa shape index (κ1) is 12.8. The highest BCUT2D eigenvalue weighted by molar-refractivity contribution is 6.29. The Labute approximate surface area is 111 Å². The van der Waals surface area contributed by atoms with Gasteiger partial charge in [-0.1, -0.05) is 49.7 Å². The molecule has 2 aromatic rings. The minimum atomic E-state index is -0.257. The van der Waals surface area contributed by atoms with Crippen molar-refractivity contribution in [1.29, 1.82) is 0 Å². The normalized spacial score (nSPS) is 10.9. The fraction of sp³-hybridized carbons (Fsp3) is 0.286. The van der Waals surface area contributed by atoms with Crippen molar-refractivity contribution >= 4 is 11.6 Å². The fourth-order valence-electron chi connectivity index (χ4n) is 1.75. The molecule has 1 heterocycles. The Hall–Kier alpha value is -1.61. The van der Waals surface area contributed by atoms with Crippen LogP contribution in [-0.4, -0.2) is 9.55 Å². The zero-order valence-corrected chi connectivity index (χ0v) is 11.2. The fourth-order valence-corrected chi connectivity index (χ4v) is 1.91. The highest BCUT2D eigenvalue weighted by atomic mass is 35.5. The molecule has 0 spiro atoms. The summed E-state index contributed by atoms with van der Waals surface area (Å²) in [6.07, 6.45) is 3.18. The van der Waals surface area contributed by atoms with Crippen molar-refractivity contribution in [2.24, 2.45) is 0 Å². The third kappa shape index (κ3) is 2.79. The number of aromatic nitrogens is 2. The molecule has 0 radical (unpaired) electrons. The van der Waals surface area contributed by atoms with Gasteiger partial charge in [0, 0.05) is 12.4 Å². The molecule has 18 heavy (non-hydrogen) atoms. The first-order valence-electron chi connectivity index (χ1n) is 5.87. The number of hydrogen-bond donors (Lipinski definition) is 0. The molecule has 0 aliphatic heterocycles. The quantitative estimate of drug-likeness (QED) is 0.852. The van der Waals surface area contributed by atoms with Crippen molar-refractivity contribution in [3.8, 4) is 0 Å². The molecule has 0 aliphatic carbocycles. The molecule has 0 atom stereocenters. The van der Waals surface area contributed by atoms with E-state index in [4.69, 9.17) is 11.6 Å². The Morgan fingerprint density at radius 1 is 1.28 bits per heavy atom. The van der Waals surface area contributed by atoms with Crippen LogP contribution in [0.15, 0.2) is 41.5 Å². The van der Waals surface area contributed by atoms with Gasteiger partial charge >= 0.3 is 0 Å². The van der Waals surface area contributed by atoms with Crippen molar-refractivity contribution in [3.63, 3.8) is 0 Å². The third-order valence-electron chi connectivity index (χ3n) is 2.87. The van der Waals surface area contributed by atoms with Crippen molar-refractivity contribution in [2.45, 2.75) is 26.3 Å². The predicted molar refractivity (Wildman–Crippen MR) is 73.1 cm³/mol. The van der Waals surface area contributed by atoms with Crippen LogP contribution >= 0.6 is 11.6 Å². The van der Waals surface area contributed by atoms with Gasteiger partial charge in [-0.2, -0.15) is 0 Å². The van der Waals surface area contributed by atoms with E-state index in [1.54, 1.807) is 10.8 Å². The van der Waals surface area contributed by atoms with Gasteiger partial charge in [0.25, 0.3) is 5.56 Å². The summed E-state index contributed by atoms with van der Waals surface area (Å²) in [5.74, 6) is 0.511. The Morgan fingerprint density at radius 3 is 2.56 bits per heavy atom. The van der Waals surface area contributed by atoms with Gasteiger partial charge in [0.05, 0.1) is 6.54 Å². The second-order valence-corrected chi connectivity index (χ2v) is 4.91. The molecule has 1 aromatic heterocycles. The van der Waals surface area contributed by atoms with E-state index in [0.717, 1.165) is 5.56 Å². The van der Waals surface area contributed by atoms with Gasteiger partial charge in [-0.05, 0) is 17.0 Å². The molecule has 4 heteroatoms. The molecule has 0 unspecified atom stereocenters. The Balaban J connectivity index is 2.24. The van der Waals surface area contributed by atoms with Gasteiger partial charge in [-0.25, -0.2) is 4.98 Å². The van der Waals surface area contributed by atoms with Gasteiger partial charge in [-0.15, -0.1) is 0 Å². The first-order chi connectivity index (χ1) is 8.58. The molecule has 0 amide bonds. The number of hydrogen-bond acceptors (Lipinski definition) is 2. The van der Waals surface area contributed by atoms with Crippen LogP contribution < -0.4 is 5.56 Å². The topological polar surface area (TPSA) is 34.9 Å². The summed E-state index contributed by atoms with van der Waals surface area (Å²) in [4.78, 5) is 15.5. The highest BCUT2D eigenvalue weighted by Crippen LogP contribution is 2.15. The lowest BCUT2D eigenvalue weighted by Crippen LogP contribution is -2.21. The average molecular weight is 263 g/mol. The molecular formula is C14H15ClN2O. The van der Waals surface area contributed by atoms with E-state index in [-0.39, 0.29) is 10.7 Å². The third-order valence-corrected chi connectivity index (χ3v) is 3.13. The number of halogens is 1. The van der Waals surface area contributed by atoms with Crippen LogP contribution in [0.5, 0.6) is 0 Å².